The van der Waals surface area contributed by atoms with E-state index in [1.165, 1.54) is 0 Å². The molecular formula is C17H18N2O3. The summed E-state index contributed by atoms with van der Waals surface area (Å²) in [5.74, 6) is 1.11. The Labute approximate surface area is 129 Å². The third-order valence-electron chi connectivity index (χ3n) is 2.97. The van der Waals surface area contributed by atoms with Gasteiger partial charge in [0, 0.05) is 0 Å². The van der Waals surface area contributed by atoms with Crippen molar-refractivity contribution in [3.8, 4) is 11.5 Å². The van der Waals surface area contributed by atoms with Gasteiger partial charge in [-0.15, -0.1) is 0 Å². The SMILES string of the molecule is COc1ccc(/C(C)=N\NC(=O)COc2ccccc2)cc1. The van der Waals surface area contributed by atoms with Crippen LogP contribution in [-0.4, -0.2) is 25.3 Å². The van der Waals surface area contributed by atoms with E-state index in [1.54, 1.807) is 19.2 Å². The van der Waals surface area contributed by atoms with Gasteiger partial charge >= 0.3 is 0 Å². The Bertz CT molecular complexity index is 637. The lowest BCUT2D eigenvalue weighted by Crippen LogP contribution is -2.25. The first-order valence-corrected chi connectivity index (χ1v) is 6.84. The largest absolute Gasteiger partial charge is 0.497 e. The molecule has 1 amide bonds. The molecule has 0 spiro atoms. The van der Waals surface area contributed by atoms with Gasteiger partial charge in [0.05, 0.1) is 12.8 Å². The molecule has 0 saturated heterocycles. The van der Waals surface area contributed by atoms with Crippen LogP contribution in [-0.2, 0) is 4.79 Å². The lowest BCUT2D eigenvalue weighted by atomic mass is 10.1. The molecule has 2 rings (SSSR count). The number of hydrazone groups is 1. The highest BCUT2D eigenvalue weighted by Crippen LogP contribution is 2.11. The standard InChI is InChI=1S/C17H18N2O3/c1-13(14-8-10-15(21-2)11-9-14)18-19-17(20)12-22-16-6-4-3-5-7-16/h3-11H,12H2,1-2H3,(H,19,20)/b18-13-. The van der Waals surface area contributed by atoms with Gasteiger partial charge in [-0.05, 0) is 48.9 Å². The monoisotopic (exact) mass is 298 g/mol. The molecule has 0 fully saturated rings. The Morgan fingerprint density at radius 1 is 1.05 bits per heavy atom. The number of hydrogen-bond donors (Lipinski definition) is 1. The molecule has 0 aliphatic rings. The first-order chi connectivity index (χ1) is 10.7. The van der Waals surface area contributed by atoms with E-state index in [0.29, 0.717) is 11.5 Å². The highest BCUT2D eigenvalue weighted by molar-refractivity contribution is 5.99. The number of benzene rings is 2. The Balaban J connectivity index is 1.85. The molecule has 0 aliphatic heterocycles. The zero-order chi connectivity index (χ0) is 15.8. The number of carbonyl (C=O) groups is 1. The van der Waals surface area contributed by atoms with Gasteiger partial charge in [0.15, 0.2) is 6.61 Å². The van der Waals surface area contributed by atoms with Crippen molar-refractivity contribution in [2.24, 2.45) is 5.10 Å². The van der Waals surface area contributed by atoms with Crippen LogP contribution >= 0.6 is 0 Å². The van der Waals surface area contributed by atoms with Crippen LogP contribution in [0.3, 0.4) is 0 Å². The molecule has 0 aliphatic carbocycles. The number of methoxy groups -OCH3 is 1. The van der Waals surface area contributed by atoms with Crippen molar-refractivity contribution in [2.45, 2.75) is 6.92 Å². The fourth-order valence-electron chi connectivity index (χ4n) is 1.74. The number of nitrogens with zero attached hydrogens (tertiary/aromatic N) is 1. The first kappa shape index (κ1) is 15.6. The van der Waals surface area contributed by atoms with Crippen LogP contribution in [0.25, 0.3) is 0 Å². The molecule has 2 aromatic rings. The summed E-state index contributed by atoms with van der Waals surface area (Å²) in [6, 6.07) is 16.6. The molecule has 2 aromatic carbocycles. The number of ether oxygens (including phenoxy) is 2. The maximum Gasteiger partial charge on any atom is 0.277 e. The quantitative estimate of drug-likeness (QED) is 0.659. The fraction of sp³-hybridized carbons (Fsp3) is 0.176. The summed E-state index contributed by atoms with van der Waals surface area (Å²) in [6.07, 6.45) is 0. The molecule has 0 radical (unpaired) electrons. The molecule has 0 bridgehead atoms. The normalized spacial score (nSPS) is 10.9. The van der Waals surface area contributed by atoms with E-state index in [4.69, 9.17) is 9.47 Å². The smallest absolute Gasteiger partial charge is 0.277 e. The van der Waals surface area contributed by atoms with Crippen molar-refractivity contribution in [3.05, 3.63) is 60.2 Å². The van der Waals surface area contributed by atoms with Crippen LogP contribution in [0.1, 0.15) is 12.5 Å². The minimum Gasteiger partial charge on any atom is -0.497 e. The highest BCUT2D eigenvalue weighted by atomic mass is 16.5. The van der Waals surface area contributed by atoms with Crippen molar-refractivity contribution in [3.63, 3.8) is 0 Å². The summed E-state index contributed by atoms with van der Waals surface area (Å²) in [4.78, 5) is 11.7. The first-order valence-electron chi connectivity index (χ1n) is 6.84. The van der Waals surface area contributed by atoms with Crippen molar-refractivity contribution >= 4 is 11.6 Å². The van der Waals surface area contributed by atoms with Gasteiger partial charge in [0.2, 0.25) is 0 Å². The fourth-order valence-corrected chi connectivity index (χ4v) is 1.74. The molecule has 5 heteroatoms. The number of rotatable bonds is 6. The molecule has 0 saturated carbocycles. The third kappa shape index (κ3) is 4.63. The second kappa shape index (κ2) is 7.83. The second-order valence-electron chi connectivity index (χ2n) is 4.56. The van der Waals surface area contributed by atoms with Crippen molar-refractivity contribution in [2.75, 3.05) is 13.7 Å². The van der Waals surface area contributed by atoms with Crippen LogP contribution in [0.2, 0.25) is 0 Å². The molecule has 22 heavy (non-hydrogen) atoms. The molecule has 0 atom stereocenters. The van der Waals surface area contributed by atoms with E-state index in [-0.39, 0.29) is 12.5 Å². The summed E-state index contributed by atoms with van der Waals surface area (Å²) >= 11 is 0. The van der Waals surface area contributed by atoms with Gasteiger partial charge in [0.1, 0.15) is 11.5 Å². The van der Waals surface area contributed by atoms with Gasteiger partial charge in [0.25, 0.3) is 5.91 Å². The number of nitrogens with one attached hydrogen (secondary N) is 1. The summed E-state index contributed by atoms with van der Waals surface area (Å²) in [7, 11) is 1.61. The molecule has 5 nitrogen and oxygen atoms in total. The van der Waals surface area contributed by atoms with Crippen molar-refractivity contribution < 1.29 is 14.3 Å². The van der Waals surface area contributed by atoms with E-state index in [2.05, 4.69) is 10.5 Å². The average molecular weight is 298 g/mol. The Morgan fingerprint density at radius 2 is 1.73 bits per heavy atom. The van der Waals surface area contributed by atoms with E-state index in [9.17, 15) is 4.79 Å². The number of para-hydroxylation sites is 1. The zero-order valence-corrected chi connectivity index (χ0v) is 12.6. The van der Waals surface area contributed by atoms with E-state index < -0.39 is 0 Å². The van der Waals surface area contributed by atoms with Gasteiger partial charge < -0.3 is 9.47 Å². The molecule has 0 aromatic heterocycles. The lowest BCUT2D eigenvalue weighted by molar-refractivity contribution is -0.123. The molecule has 1 N–H and O–H groups in total. The predicted octanol–water partition coefficient (Wildman–Crippen LogP) is 2.61. The Hall–Kier alpha value is -2.82. The van der Waals surface area contributed by atoms with Gasteiger partial charge in [-0.2, -0.15) is 5.10 Å². The van der Waals surface area contributed by atoms with Crippen LogP contribution in [0.15, 0.2) is 59.7 Å². The number of hydrogen-bond acceptors (Lipinski definition) is 4. The van der Waals surface area contributed by atoms with E-state index >= 15 is 0 Å². The predicted molar refractivity (Wildman–Crippen MR) is 85.3 cm³/mol. The molecule has 114 valence electrons. The van der Waals surface area contributed by atoms with Crippen LogP contribution < -0.4 is 14.9 Å². The summed E-state index contributed by atoms with van der Waals surface area (Å²) in [6.45, 7) is 1.74. The van der Waals surface area contributed by atoms with Gasteiger partial charge in [-0.1, -0.05) is 18.2 Å². The minimum atomic E-state index is -0.309. The van der Waals surface area contributed by atoms with Crippen molar-refractivity contribution in [1.82, 2.24) is 5.43 Å². The van der Waals surface area contributed by atoms with Crippen LogP contribution in [0.4, 0.5) is 0 Å². The maximum atomic E-state index is 11.7. The summed E-state index contributed by atoms with van der Waals surface area (Å²) in [5, 5.41) is 4.06. The topological polar surface area (TPSA) is 59.9 Å². The zero-order valence-electron chi connectivity index (χ0n) is 12.6. The van der Waals surface area contributed by atoms with Gasteiger partial charge in [-0.25, -0.2) is 5.43 Å². The van der Waals surface area contributed by atoms with E-state index in [1.807, 2.05) is 49.4 Å². The van der Waals surface area contributed by atoms with Gasteiger partial charge in [-0.3, -0.25) is 4.79 Å². The van der Waals surface area contributed by atoms with Crippen molar-refractivity contribution in [1.29, 1.82) is 0 Å². The van der Waals surface area contributed by atoms with Crippen LogP contribution in [0.5, 0.6) is 11.5 Å². The molecule has 0 heterocycles. The van der Waals surface area contributed by atoms with E-state index in [0.717, 1.165) is 11.3 Å². The maximum absolute atomic E-state index is 11.7. The molecular weight excluding hydrogens is 280 g/mol. The number of amides is 1. The third-order valence-corrected chi connectivity index (χ3v) is 2.97. The minimum absolute atomic E-state index is 0.0800. The Kier molecular flexibility index (Phi) is 5.54. The second-order valence-corrected chi connectivity index (χ2v) is 4.56. The molecule has 0 unspecified atom stereocenters. The highest BCUT2D eigenvalue weighted by Gasteiger charge is 2.03. The Morgan fingerprint density at radius 3 is 2.36 bits per heavy atom. The number of carbonyl (C=O) groups excluding carboxylic acids is 1. The van der Waals surface area contributed by atoms with Crippen LogP contribution in [0, 0.1) is 0 Å². The summed E-state index contributed by atoms with van der Waals surface area (Å²) in [5.41, 5.74) is 4.08. The summed E-state index contributed by atoms with van der Waals surface area (Å²) < 4.78 is 10.4. The average Bonchev–Trinajstić information content (AvgIpc) is 2.58. The lowest BCUT2D eigenvalue weighted by Gasteiger charge is -2.06.